The first-order valence-electron chi connectivity index (χ1n) is 6.01. The van der Waals surface area contributed by atoms with Gasteiger partial charge in [-0.2, -0.15) is 0 Å². The van der Waals surface area contributed by atoms with Crippen LogP contribution >= 0.6 is 11.3 Å². The minimum absolute atomic E-state index is 0.0531. The van der Waals surface area contributed by atoms with Crippen molar-refractivity contribution in [3.63, 3.8) is 0 Å². The third kappa shape index (κ3) is 3.32. The summed E-state index contributed by atoms with van der Waals surface area (Å²) in [5, 5.41) is 4.03. The largest absolute Gasteiger partial charge is 0.397 e. The van der Waals surface area contributed by atoms with E-state index in [-0.39, 0.29) is 11.6 Å². The Balaban J connectivity index is 2.04. The van der Waals surface area contributed by atoms with Crippen LogP contribution in [0.4, 0.5) is 15.1 Å². The molecule has 3 N–H and O–H groups in total. The molecule has 5 heteroatoms. The molecule has 1 heterocycles. The maximum absolute atomic E-state index is 12.8. The van der Waals surface area contributed by atoms with Crippen molar-refractivity contribution in [2.45, 2.75) is 19.9 Å². The zero-order valence-corrected chi connectivity index (χ0v) is 11.4. The molecule has 100 valence electrons. The van der Waals surface area contributed by atoms with Gasteiger partial charge in [-0.15, -0.1) is 11.3 Å². The summed E-state index contributed by atoms with van der Waals surface area (Å²) in [6.07, 6.45) is 0.447. The van der Waals surface area contributed by atoms with Crippen molar-refractivity contribution in [2.75, 3.05) is 11.1 Å². The first-order chi connectivity index (χ1) is 9.10. The second kappa shape index (κ2) is 5.84. The Morgan fingerprint density at radius 3 is 2.68 bits per heavy atom. The second-order valence-electron chi connectivity index (χ2n) is 4.15. The lowest BCUT2D eigenvalue weighted by molar-refractivity contribution is 0.0993. The number of carbonyl (C=O) groups excluding carboxylic acids is 1. The van der Waals surface area contributed by atoms with Crippen LogP contribution in [0.1, 0.15) is 28.6 Å². The number of thiophene rings is 1. The Bertz CT molecular complexity index is 578. The predicted molar refractivity (Wildman–Crippen MR) is 77.1 cm³/mol. The summed E-state index contributed by atoms with van der Waals surface area (Å²) >= 11 is 1.35. The van der Waals surface area contributed by atoms with E-state index >= 15 is 0 Å². The van der Waals surface area contributed by atoms with E-state index in [1.807, 2.05) is 6.92 Å². The van der Waals surface area contributed by atoms with E-state index < -0.39 is 0 Å². The van der Waals surface area contributed by atoms with Gasteiger partial charge in [-0.25, -0.2) is 4.39 Å². The van der Waals surface area contributed by atoms with Crippen molar-refractivity contribution in [1.29, 1.82) is 0 Å². The quantitative estimate of drug-likeness (QED) is 0.820. The van der Waals surface area contributed by atoms with Gasteiger partial charge >= 0.3 is 0 Å². The van der Waals surface area contributed by atoms with Crippen LogP contribution in [0.2, 0.25) is 0 Å². The summed E-state index contributed by atoms with van der Waals surface area (Å²) in [5.41, 5.74) is 7.29. The summed E-state index contributed by atoms with van der Waals surface area (Å²) in [7, 11) is 0. The van der Waals surface area contributed by atoms with E-state index in [1.54, 1.807) is 18.2 Å². The van der Waals surface area contributed by atoms with Gasteiger partial charge in [0.05, 0.1) is 15.6 Å². The van der Waals surface area contributed by atoms with E-state index in [2.05, 4.69) is 5.32 Å². The fourth-order valence-corrected chi connectivity index (χ4v) is 2.65. The van der Waals surface area contributed by atoms with Crippen molar-refractivity contribution in [2.24, 2.45) is 0 Å². The predicted octanol–water partition coefficient (Wildman–Crippen LogP) is 3.67. The summed E-state index contributed by atoms with van der Waals surface area (Å²) in [6, 6.07) is 8.05. The maximum atomic E-state index is 12.8. The van der Waals surface area contributed by atoms with Crippen LogP contribution in [0.25, 0.3) is 0 Å². The number of ketones is 1. The fourth-order valence-electron chi connectivity index (χ4n) is 1.66. The van der Waals surface area contributed by atoms with Crippen molar-refractivity contribution in [3.8, 4) is 0 Å². The minimum Gasteiger partial charge on any atom is -0.397 e. The molecule has 0 fully saturated rings. The molecule has 2 aromatic rings. The van der Waals surface area contributed by atoms with Crippen molar-refractivity contribution < 1.29 is 9.18 Å². The number of hydrogen-bond acceptors (Lipinski definition) is 4. The standard InChI is InChI=1S/C14H15FN2OS/c1-2-12(18)14-11(16)7-13(19-14)17-8-9-3-5-10(15)6-4-9/h3-7,17H,2,8,16H2,1H3. The van der Waals surface area contributed by atoms with Gasteiger partial charge in [0, 0.05) is 13.0 Å². The lowest BCUT2D eigenvalue weighted by atomic mass is 10.2. The summed E-state index contributed by atoms with van der Waals surface area (Å²) in [4.78, 5) is 12.2. The Kier molecular flexibility index (Phi) is 4.16. The van der Waals surface area contributed by atoms with Crippen molar-refractivity contribution in [3.05, 3.63) is 46.6 Å². The van der Waals surface area contributed by atoms with Crippen LogP contribution in [-0.2, 0) is 6.54 Å². The molecule has 2 rings (SSSR count). The monoisotopic (exact) mass is 278 g/mol. The van der Waals surface area contributed by atoms with Gasteiger partial charge in [0.25, 0.3) is 0 Å². The van der Waals surface area contributed by atoms with Gasteiger partial charge in [-0.3, -0.25) is 4.79 Å². The molecule has 0 amide bonds. The zero-order valence-electron chi connectivity index (χ0n) is 10.6. The molecule has 0 radical (unpaired) electrons. The number of anilines is 2. The van der Waals surface area contributed by atoms with Gasteiger partial charge < -0.3 is 11.1 Å². The molecule has 0 aliphatic rings. The molecular weight excluding hydrogens is 263 g/mol. The van der Waals surface area contributed by atoms with Gasteiger partial charge in [0.2, 0.25) is 0 Å². The van der Waals surface area contributed by atoms with Crippen LogP contribution in [0.15, 0.2) is 30.3 Å². The number of carbonyl (C=O) groups is 1. The number of nitrogens with one attached hydrogen (secondary N) is 1. The lowest BCUT2D eigenvalue weighted by Gasteiger charge is -2.03. The molecule has 0 unspecified atom stereocenters. The molecule has 0 spiro atoms. The zero-order chi connectivity index (χ0) is 13.8. The smallest absolute Gasteiger partial charge is 0.174 e. The van der Waals surface area contributed by atoms with E-state index in [1.165, 1.54) is 23.5 Å². The lowest BCUT2D eigenvalue weighted by Crippen LogP contribution is -1.97. The van der Waals surface area contributed by atoms with Crippen LogP contribution in [-0.4, -0.2) is 5.78 Å². The number of benzene rings is 1. The Labute approximate surface area is 115 Å². The van der Waals surface area contributed by atoms with Crippen molar-refractivity contribution >= 4 is 27.8 Å². The Hall–Kier alpha value is -1.88. The molecular formula is C14H15FN2OS. The number of rotatable bonds is 5. The first kappa shape index (κ1) is 13.5. The molecule has 1 aromatic carbocycles. The molecule has 0 saturated heterocycles. The molecule has 0 aliphatic carbocycles. The Morgan fingerprint density at radius 1 is 1.37 bits per heavy atom. The highest BCUT2D eigenvalue weighted by Gasteiger charge is 2.12. The van der Waals surface area contributed by atoms with Crippen molar-refractivity contribution in [1.82, 2.24) is 0 Å². The molecule has 0 aliphatic heterocycles. The number of halogens is 1. The van der Waals surface area contributed by atoms with E-state index in [4.69, 9.17) is 5.73 Å². The third-order valence-electron chi connectivity index (χ3n) is 2.72. The number of nitrogen functional groups attached to an aromatic ring is 1. The highest BCUT2D eigenvalue weighted by Crippen LogP contribution is 2.30. The highest BCUT2D eigenvalue weighted by molar-refractivity contribution is 7.18. The van der Waals surface area contributed by atoms with E-state index in [0.717, 1.165) is 10.6 Å². The SMILES string of the molecule is CCC(=O)c1sc(NCc2ccc(F)cc2)cc1N. The summed E-state index contributed by atoms with van der Waals surface area (Å²) in [6.45, 7) is 2.38. The van der Waals surface area contributed by atoms with Crippen LogP contribution < -0.4 is 11.1 Å². The third-order valence-corrected chi connectivity index (χ3v) is 3.86. The Morgan fingerprint density at radius 2 is 2.05 bits per heavy atom. The van der Waals surface area contributed by atoms with Gasteiger partial charge in [-0.05, 0) is 23.8 Å². The molecule has 1 aromatic heterocycles. The summed E-state index contributed by atoms with van der Waals surface area (Å²) < 4.78 is 12.8. The van der Waals surface area contributed by atoms with Crippen LogP contribution in [0.5, 0.6) is 0 Å². The van der Waals surface area contributed by atoms with E-state index in [9.17, 15) is 9.18 Å². The molecule has 0 atom stereocenters. The average Bonchev–Trinajstić information content (AvgIpc) is 2.78. The van der Waals surface area contributed by atoms with E-state index in [0.29, 0.717) is 23.5 Å². The van der Waals surface area contributed by atoms with Gasteiger partial charge in [0.1, 0.15) is 5.82 Å². The normalized spacial score (nSPS) is 10.4. The topological polar surface area (TPSA) is 55.1 Å². The number of Topliss-reactive ketones (excluding diaryl/α,β-unsaturated/α-hetero) is 1. The fraction of sp³-hybridized carbons (Fsp3) is 0.214. The first-order valence-corrected chi connectivity index (χ1v) is 6.82. The van der Waals surface area contributed by atoms with Crippen LogP contribution in [0.3, 0.4) is 0 Å². The molecule has 0 bridgehead atoms. The maximum Gasteiger partial charge on any atom is 0.174 e. The highest BCUT2D eigenvalue weighted by atomic mass is 32.1. The summed E-state index contributed by atoms with van der Waals surface area (Å²) in [5.74, 6) is -0.197. The average molecular weight is 278 g/mol. The van der Waals surface area contributed by atoms with Gasteiger partial charge in [0.15, 0.2) is 5.78 Å². The second-order valence-corrected chi connectivity index (χ2v) is 5.20. The minimum atomic E-state index is -0.250. The number of hydrogen-bond donors (Lipinski definition) is 2. The van der Waals surface area contributed by atoms with Gasteiger partial charge in [-0.1, -0.05) is 19.1 Å². The molecule has 0 saturated carbocycles. The van der Waals surface area contributed by atoms with Crippen LogP contribution in [0, 0.1) is 5.82 Å². The molecule has 3 nitrogen and oxygen atoms in total. The molecule has 19 heavy (non-hydrogen) atoms. The number of nitrogens with two attached hydrogens (primary N) is 1.